The number of benzene rings is 1. The van der Waals surface area contributed by atoms with Crippen LogP contribution in [-0.2, 0) is 9.59 Å². The van der Waals surface area contributed by atoms with Gasteiger partial charge in [-0.15, -0.1) is 0 Å². The van der Waals surface area contributed by atoms with Crippen LogP contribution in [0, 0.1) is 27.7 Å². The van der Waals surface area contributed by atoms with Crippen LogP contribution in [0.3, 0.4) is 0 Å². The molecule has 1 aliphatic rings. The second-order valence-electron chi connectivity index (χ2n) is 7.90. The molecular formula is C24H22N2O5S. The number of thiazole rings is 1. The molecule has 1 amide bonds. The summed E-state index contributed by atoms with van der Waals surface area (Å²) in [6, 6.07) is 7.90. The average Bonchev–Trinajstić information content (AvgIpc) is 3.40. The molecule has 1 atom stereocenters. The quantitative estimate of drug-likeness (QED) is 0.265. The zero-order valence-corrected chi connectivity index (χ0v) is 19.2. The monoisotopic (exact) mass is 450 g/mol. The third kappa shape index (κ3) is 3.46. The lowest BCUT2D eigenvalue weighted by Crippen LogP contribution is -2.29. The van der Waals surface area contributed by atoms with E-state index in [0.717, 1.165) is 22.5 Å². The molecule has 1 saturated heterocycles. The van der Waals surface area contributed by atoms with Gasteiger partial charge < -0.3 is 9.52 Å². The molecule has 1 aliphatic heterocycles. The first-order valence-electron chi connectivity index (χ1n) is 10.0. The topological polar surface area (TPSA) is 101 Å². The number of carbonyl (C=O) groups excluding carboxylic acids is 3. The normalized spacial score (nSPS) is 17.9. The third-order valence-electron chi connectivity index (χ3n) is 5.43. The Morgan fingerprint density at radius 1 is 1.12 bits per heavy atom. The summed E-state index contributed by atoms with van der Waals surface area (Å²) < 4.78 is 5.79. The first-order chi connectivity index (χ1) is 15.1. The molecule has 0 radical (unpaired) electrons. The molecule has 1 N–H and O–H groups in total. The minimum Gasteiger partial charge on any atom is -0.507 e. The molecule has 4 rings (SSSR count). The van der Waals surface area contributed by atoms with Gasteiger partial charge in [0, 0.05) is 12.5 Å². The van der Waals surface area contributed by atoms with Gasteiger partial charge in [-0.05, 0) is 51.5 Å². The first-order valence-corrected chi connectivity index (χ1v) is 10.8. The van der Waals surface area contributed by atoms with Crippen molar-refractivity contribution in [2.75, 3.05) is 4.90 Å². The largest absolute Gasteiger partial charge is 0.507 e. The van der Waals surface area contributed by atoms with E-state index in [1.807, 2.05) is 26.0 Å². The van der Waals surface area contributed by atoms with Gasteiger partial charge in [-0.25, -0.2) is 4.98 Å². The highest BCUT2D eigenvalue weighted by Crippen LogP contribution is 2.44. The van der Waals surface area contributed by atoms with Gasteiger partial charge in [0.05, 0.1) is 16.1 Å². The summed E-state index contributed by atoms with van der Waals surface area (Å²) in [5.74, 6) is -1.20. The fourth-order valence-electron chi connectivity index (χ4n) is 3.85. The summed E-state index contributed by atoms with van der Waals surface area (Å²) in [6.07, 6.45) is 0. The molecule has 32 heavy (non-hydrogen) atoms. The van der Waals surface area contributed by atoms with Crippen LogP contribution < -0.4 is 4.90 Å². The number of nitrogens with zero attached hydrogens (tertiary/aromatic N) is 2. The van der Waals surface area contributed by atoms with Gasteiger partial charge in [-0.1, -0.05) is 29.0 Å². The van der Waals surface area contributed by atoms with Crippen LogP contribution in [-0.4, -0.2) is 27.6 Å². The second kappa shape index (κ2) is 7.87. The fourth-order valence-corrected chi connectivity index (χ4v) is 4.84. The second-order valence-corrected chi connectivity index (χ2v) is 8.88. The maximum Gasteiger partial charge on any atom is 0.302 e. The molecule has 1 aromatic carbocycles. The van der Waals surface area contributed by atoms with Crippen molar-refractivity contribution in [1.82, 2.24) is 4.98 Å². The Morgan fingerprint density at radius 2 is 1.84 bits per heavy atom. The third-order valence-corrected chi connectivity index (χ3v) is 6.69. The molecule has 2 aromatic heterocycles. The summed E-state index contributed by atoms with van der Waals surface area (Å²) in [7, 11) is 0. The van der Waals surface area contributed by atoms with Crippen molar-refractivity contribution in [3.8, 4) is 0 Å². The molecular weight excluding hydrogens is 428 g/mol. The van der Waals surface area contributed by atoms with Gasteiger partial charge in [0.1, 0.15) is 23.3 Å². The molecule has 3 heterocycles. The van der Waals surface area contributed by atoms with E-state index in [9.17, 15) is 19.5 Å². The predicted octanol–water partition coefficient (Wildman–Crippen LogP) is 4.80. The lowest BCUT2D eigenvalue weighted by atomic mass is 9.96. The van der Waals surface area contributed by atoms with Crippen LogP contribution in [0.25, 0.3) is 5.76 Å². The van der Waals surface area contributed by atoms with Crippen LogP contribution >= 0.6 is 11.3 Å². The van der Waals surface area contributed by atoms with Crippen molar-refractivity contribution < 1.29 is 23.9 Å². The Bertz CT molecular complexity index is 1310. The van der Waals surface area contributed by atoms with Crippen LogP contribution in [0.15, 0.2) is 40.3 Å². The number of hydrogen-bond acceptors (Lipinski definition) is 7. The van der Waals surface area contributed by atoms with Crippen molar-refractivity contribution in [3.05, 3.63) is 74.7 Å². The Hall–Kier alpha value is -3.52. The summed E-state index contributed by atoms with van der Waals surface area (Å²) in [4.78, 5) is 44.3. The highest BCUT2D eigenvalue weighted by molar-refractivity contribution is 7.18. The lowest BCUT2D eigenvalue weighted by molar-refractivity contribution is -0.132. The minimum absolute atomic E-state index is 0.0738. The van der Waals surface area contributed by atoms with E-state index in [1.54, 1.807) is 32.0 Å². The van der Waals surface area contributed by atoms with E-state index in [0.29, 0.717) is 27.7 Å². The molecule has 164 valence electrons. The highest BCUT2D eigenvalue weighted by Gasteiger charge is 2.49. The van der Waals surface area contributed by atoms with E-state index in [1.165, 1.54) is 11.8 Å². The molecule has 8 heteroatoms. The number of Topliss-reactive ketones (excluding diaryl/α,β-unsaturated/α-hetero) is 2. The smallest absolute Gasteiger partial charge is 0.302 e. The summed E-state index contributed by atoms with van der Waals surface area (Å²) in [5.41, 5.74) is 2.53. The molecule has 3 aromatic rings. The van der Waals surface area contributed by atoms with Crippen LogP contribution in [0.1, 0.15) is 56.5 Å². The Kier molecular flexibility index (Phi) is 5.34. The van der Waals surface area contributed by atoms with E-state index in [4.69, 9.17) is 4.42 Å². The first kappa shape index (κ1) is 21.7. The molecule has 0 aliphatic carbocycles. The lowest BCUT2D eigenvalue weighted by Gasteiger charge is -2.21. The standard InChI is InChI=1S/C24H22N2O5S/c1-11-6-7-12(2)16(10-11)20(28)18-19(17-9-8-13(3)31-17)26(23(30)21(18)29)24-25-14(4)22(32-24)15(5)27/h6-10,19,28H,1-5H3. The van der Waals surface area contributed by atoms with Gasteiger partial charge in [-0.3, -0.25) is 19.3 Å². The zero-order chi connectivity index (χ0) is 23.3. The molecule has 7 nitrogen and oxygen atoms in total. The van der Waals surface area contributed by atoms with Gasteiger partial charge >= 0.3 is 5.91 Å². The number of hydrogen-bond donors (Lipinski definition) is 1. The number of ketones is 2. The SMILES string of the molecule is CC(=O)c1sc(N2C(=O)C(=O)C(=C(O)c3cc(C)ccc3C)C2c2ccc(C)o2)nc1C. The maximum atomic E-state index is 13.2. The van der Waals surface area contributed by atoms with E-state index >= 15 is 0 Å². The highest BCUT2D eigenvalue weighted by atomic mass is 32.1. The molecule has 0 spiro atoms. The summed E-state index contributed by atoms with van der Waals surface area (Å²) >= 11 is 1.04. The van der Waals surface area contributed by atoms with Gasteiger partial charge in [0.2, 0.25) is 0 Å². The molecule has 1 fully saturated rings. The number of aromatic nitrogens is 1. The average molecular weight is 451 g/mol. The van der Waals surface area contributed by atoms with Crippen LogP contribution in [0.2, 0.25) is 0 Å². The number of anilines is 1. The number of carbonyl (C=O) groups is 3. The van der Waals surface area contributed by atoms with E-state index in [2.05, 4.69) is 4.98 Å². The fraction of sp³-hybridized carbons (Fsp3) is 0.250. The molecule has 0 bridgehead atoms. The maximum absolute atomic E-state index is 13.2. The number of aliphatic hydroxyl groups excluding tert-OH is 1. The number of aryl methyl sites for hydroxylation is 4. The van der Waals surface area contributed by atoms with Gasteiger partial charge in [0.15, 0.2) is 10.9 Å². The number of furan rings is 1. The Morgan fingerprint density at radius 3 is 2.44 bits per heavy atom. The van der Waals surface area contributed by atoms with Crippen molar-refractivity contribution in [3.63, 3.8) is 0 Å². The number of amides is 1. The van der Waals surface area contributed by atoms with Crippen molar-refractivity contribution >= 4 is 39.7 Å². The molecule has 0 saturated carbocycles. The summed E-state index contributed by atoms with van der Waals surface area (Å²) in [5, 5.41) is 11.4. The van der Waals surface area contributed by atoms with Crippen molar-refractivity contribution in [2.24, 2.45) is 0 Å². The Balaban J connectivity index is 1.97. The van der Waals surface area contributed by atoms with Crippen molar-refractivity contribution in [1.29, 1.82) is 0 Å². The van der Waals surface area contributed by atoms with Crippen LogP contribution in [0.5, 0.6) is 0 Å². The van der Waals surface area contributed by atoms with Gasteiger partial charge in [-0.2, -0.15) is 0 Å². The van der Waals surface area contributed by atoms with E-state index < -0.39 is 17.7 Å². The Labute approximate surface area is 189 Å². The predicted molar refractivity (Wildman–Crippen MR) is 121 cm³/mol. The molecule has 1 unspecified atom stereocenters. The zero-order valence-electron chi connectivity index (χ0n) is 18.3. The van der Waals surface area contributed by atoms with Crippen LogP contribution in [0.4, 0.5) is 5.13 Å². The minimum atomic E-state index is -1.01. The van der Waals surface area contributed by atoms with E-state index in [-0.39, 0.29) is 22.2 Å². The number of rotatable bonds is 4. The summed E-state index contributed by atoms with van der Waals surface area (Å²) in [6.45, 7) is 8.55. The van der Waals surface area contributed by atoms with Crippen molar-refractivity contribution in [2.45, 2.75) is 40.7 Å². The number of aliphatic hydroxyl groups is 1. The van der Waals surface area contributed by atoms with Gasteiger partial charge in [0.25, 0.3) is 5.78 Å².